The molecule has 0 radical (unpaired) electrons. The summed E-state index contributed by atoms with van der Waals surface area (Å²) in [6.45, 7) is 0. The molecule has 0 aliphatic rings. The molecule has 0 atom stereocenters. The Hall–Kier alpha value is -4.70. The van der Waals surface area contributed by atoms with Crippen molar-refractivity contribution in [2.24, 2.45) is 0 Å². The van der Waals surface area contributed by atoms with Crippen molar-refractivity contribution in [3.05, 3.63) is 103 Å². The summed E-state index contributed by atoms with van der Waals surface area (Å²) >= 11 is 0. The van der Waals surface area contributed by atoms with Crippen LogP contribution in [0.25, 0.3) is 71.2 Å². The molecular formula is C30H19N3O. The number of rotatable bonds is 1. The minimum atomic E-state index is 0.901. The molecule has 0 bridgehead atoms. The predicted molar refractivity (Wildman–Crippen MR) is 141 cm³/mol. The molecule has 0 fully saturated rings. The lowest BCUT2D eigenvalue weighted by Crippen LogP contribution is -2.06. The summed E-state index contributed by atoms with van der Waals surface area (Å²) in [5, 5.41) is 6.94. The summed E-state index contributed by atoms with van der Waals surface area (Å²) in [6.07, 6.45) is 0. The number of nitrogens with zero attached hydrogens (tertiary/aromatic N) is 2. The minimum absolute atomic E-state index is 0.901. The first-order valence-corrected chi connectivity index (χ1v) is 11.4. The van der Waals surface area contributed by atoms with Crippen LogP contribution in [0.3, 0.4) is 0 Å². The van der Waals surface area contributed by atoms with Crippen molar-refractivity contribution in [1.82, 2.24) is 9.24 Å². The highest BCUT2D eigenvalue weighted by Crippen LogP contribution is 2.44. The summed E-state index contributed by atoms with van der Waals surface area (Å²) in [5.74, 6) is 6.56. The van der Waals surface area contributed by atoms with Gasteiger partial charge in [0.1, 0.15) is 5.58 Å². The Morgan fingerprint density at radius 2 is 1.21 bits per heavy atom. The third-order valence-electron chi connectivity index (χ3n) is 7.12. The Kier molecular flexibility index (Phi) is 3.25. The molecule has 0 unspecified atom stereocenters. The van der Waals surface area contributed by atoms with Gasteiger partial charge in [0, 0.05) is 38.0 Å². The van der Waals surface area contributed by atoms with Gasteiger partial charge in [-0.2, -0.15) is 0 Å². The standard InChI is InChI=1S/C30H19N3O/c31-33-23-12-6-4-11-21(23)27-25(33)17-16-24-28(27)22-15-14-20-19-10-5-7-13-26(19)34-30(20)29(22)32(24)18-8-2-1-3-9-18/h1-17H,31H2. The normalized spacial score (nSPS) is 12.2. The van der Waals surface area contributed by atoms with Crippen LogP contribution in [-0.4, -0.2) is 9.24 Å². The fraction of sp³-hybridized carbons (Fsp3) is 0. The predicted octanol–water partition coefficient (Wildman–Crippen LogP) is 7.50. The Bertz CT molecular complexity index is 2070. The number of fused-ring (bicyclic) bond motifs is 11. The monoisotopic (exact) mass is 437 g/mol. The zero-order chi connectivity index (χ0) is 22.4. The van der Waals surface area contributed by atoms with Gasteiger partial charge in [-0.1, -0.05) is 60.7 Å². The highest BCUT2D eigenvalue weighted by Gasteiger charge is 2.22. The Balaban J connectivity index is 1.71. The van der Waals surface area contributed by atoms with Crippen LogP contribution in [0, 0.1) is 0 Å². The molecule has 0 saturated carbocycles. The van der Waals surface area contributed by atoms with Crippen LogP contribution < -0.4 is 5.84 Å². The Morgan fingerprint density at radius 1 is 0.529 bits per heavy atom. The van der Waals surface area contributed by atoms with E-state index in [0.717, 1.165) is 60.5 Å². The summed E-state index contributed by atoms with van der Waals surface area (Å²) in [7, 11) is 0. The van der Waals surface area contributed by atoms with Gasteiger partial charge in [-0.25, -0.2) is 0 Å². The number of nitrogen functional groups attached to an aromatic ring is 1. The molecule has 8 rings (SSSR count). The third kappa shape index (κ3) is 2.08. The second-order valence-electron chi connectivity index (χ2n) is 8.85. The molecule has 34 heavy (non-hydrogen) atoms. The lowest BCUT2D eigenvalue weighted by Gasteiger charge is -2.08. The topological polar surface area (TPSA) is 49.0 Å². The van der Waals surface area contributed by atoms with Gasteiger partial charge in [0.25, 0.3) is 0 Å². The van der Waals surface area contributed by atoms with Crippen LogP contribution >= 0.6 is 0 Å². The highest BCUT2D eigenvalue weighted by molar-refractivity contribution is 6.31. The van der Waals surface area contributed by atoms with E-state index in [4.69, 9.17) is 10.3 Å². The molecule has 5 aromatic carbocycles. The van der Waals surface area contributed by atoms with Crippen molar-refractivity contribution in [3.63, 3.8) is 0 Å². The summed E-state index contributed by atoms with van der Waals surface area (Å²) in [5.41, 5.74) is 7.17. The third-order valence-corrected chi connectivity index (χ3v) is 7.12. The fourth-order valence-electron chi connectivity index (χ4n) is 5.70. The number of aromatic nitrogens is 2. The maximum Gasteiger partial charge on any atom is 0.160 e. The van der Waals surface area contributed by atoms with Gasteiger partial charge in [-0.3, -0.25) is 4.68 Å². The number of benzene rings is 5. The van der Waals surface area contributed by atoms with E-state index in [2.05, 4.69) is 89.5 Å². The van der Waals surface area contributed by atoms with Crippen molar-refractivity contribution in [2.45, 2.75) is 0 Å². The van der Waals surface area contributed by atoms with E-state index in [1.807, 2.05) is 18.2 Å². The zero-order valence-electron chi connectivity index (χ0n) is 18.2. The molecule has 0 amide bonds. The molecule has 0 aliphatic heterocycles. The fourth-order valence-corrected chi connectivity index (χ4v) is 5.70. The quantitative estimate of drug-likeness (QED) is 0.270. The average molecular weight is 438 g/mol. The van der Waals surface area contributed by atoms with E-state index in [1.165, 1.54) is 10.8 Å². The molecule has 3 aromatic heterocycles. The largest absolute Gasteiger partial charge is 0.454 e. The molecule has 8 aromatic rings. The number of hydrogen-bond acceptors (Lipinski definition) is 2. The second kappa shape index (κ2) is 6.21. The van der Waals surface area contributed by atoms with Gasteiger partial charge in [-0.15, -0.1) is 0 Å². The van der Waals surface area contributed by atoms with E-state index >= 15 is 0 Å². The summed E-state index contributed by atoms with van der Waals surface area (Å²) in [4.78, 5) is 0. The molecule has 0 saturated heterocycles. The van der Waals surface area contributed by atoms with Crippen LogP contribution in [0.15, 0.2) is 108 Å². The lowest BCUT2D eigenvalue weighted by molar-refractivity contribution is 0.671. The number of hydrogen-bond donors (Lipinski definition) is 1. The summed E-state index contributed by atoms with van der Waals surface area (Å²) in [6, 6.07) is 35.9. The smallest absolute Gasteiger partial charge is 0.160 e. The van der Waals surface area contributed by atoms with Crippen LogP contribution in [0.2, 0.25) is 0 Å². The van der Waals surface area contributed by atoms with Gasteiger partial charge in [-0.05, 0) is 42.5 Å². The van der Waals surface area contributed by atoms with Gasteiger partial charge in [0.15, 0.2) is 5.58 Å². The summed E-state index contributed by atoms with van der Waals surface area (Å²) < 4.78 is 10.6. The van der Waals surface area contributed by atoms with E-state index in [-0.39, 0.29) is 0 Å². The van der Waals surface area contributed by atoms with Crippen molar-refractivity contribution in [3.8, 4) is 5.69 Å². The van der Waals surface area contributed by atoms with Crippen molar-refractivity contribution < 1.29 is 4.42 Å². The van der Waals surface area contributed by atoms with E-state index in [1.54, 1.807) is 4.68 Å². The first-order chi connectivity index (χ1) is 16.8. The number of nitrogens with two attached hydrogens (primary N) is 1. The number of para-hydroxylation sites is 3. The molecule has 160 valence electrons. The maximum atomic E-state index is 6.56. The van der Waals surface area contributed by atoms with Crippen LogP contribution in [0.1, 0.15) is 0 Å². The minimum Gasteiger partial charge on any atom is -0.454 e. The zero-order valence-corrected chi connectivity index (χ0v) is 18.2. The van der Waals surface area contributed by atoms with Crippen LogP contribution in [0.5, 0.6) is 0 Å². The SMILES string of the molecule is Nn1c2ccccc2c2c3c4ccc5c6ccccc6oc5c4n(-c4ccccc4)c3ccc21. The maximum absolute atomic E-state index is 6.56. The molecule has 2 N–H and O–H groups in total. The van der Waals surface area contributed by atoms with E-state index < -0.39 is 0 Å². The molecule has 4 heteroatoms. The number of furan rings is 1. The molecular weight excluding hydrogens is 418 g/mol. The molecule has 4 nitrogen and oxygen atoms in total. The van der Waals surface area contributed by atoms with E-state index in [9.17, 15) is 0 Å². The van der Waals surface area contributed by atoms with Gasteiger partial charge < -0.3 is 14.8 Å². The first-order valence-electron chi connectivity index (χ1n) is 11.4. The Morgan fingerprint density at radius 3 is 2.09 bits per heavy atom. The van der Waals surface area contributed by atoms with Crippen molar-refractivity contribution >= 4 is 65.6 Å². The van der Waals surface area contributed by atoms with Crippen molar-refractivity contribution in [1.29, 1.82) is 0 Å². The van der Waals surface area contributed by atoms with E-state index in [0.29, 0.717) is 0 Å². The molecule has 0 aliphatic carbocycles. The Labute approximate surface area is 194 Å². The first kappa shape index (κ1) is 17.8. The van der Waals surface area contributed by atoms with Crippen molar-refractivity contribution in [2.75, 3.05) is 5.84 Å². The second-order valence-corrected chi connectivity index (χ2v) is 8.85. The van der Waals surface area contributed by atoms with Gasteiger partial charge in [0.05, 0.1) is 22.1 Å². The average Bonchev–Trinajstić information content (AvgIpc) is 3.52. The molecule has 0 spiro atoms. The van der Waals surface area contributed by atoms with Crippen LogP contribution in [-0.2, 0) is 0 Å². The van der Waals surface area contributed by atoms with Crippen LogP contribution in [0.4, 0.5) is 0 Å². The lowest BCUT2D eigenvalue weighted by atomic mass is 10.0. The van der Waals surface area contributed by atoms with Gasteiger partial charge >= 0.3 is 0 Å². The van der Waals surface area contributed by atoms with Gasteiger partial charge in [0.2, 0.25) is 0 Å². The molecule has 3 heterocycles. The highest BCUT2D eigenvalue weighted by atomic mass is 16.3.